The molecule has 0 aliphatic carbocycles. The minimum absolute atomic E-state index is 0.0429. The molecular weight excluding hydrogens is 302 g/mol. The molecule has 2 atom stereocenters. The quantitative estimate of drug-likeness (QED) is 0.850. The first kappa shape index (κ1) is 15.9. The van der Waals surface area contributed by atoms with Gasteiger partial charge in [-0.25, -0.2) is 0 Å². The summed E-state index contributed by atoms with van der Waals surface area (Å²) < 4.78 is 17.0. The minimum atomic E-state index is -0.340. The van der Waals surface area contributed by atoms with Gasteiger partial charge in [0.1, 0.15) is 0 Å². The highest BCUT2D eigenvalue weighted by molar-refractivity contribution is 7.12. The third-order valence-electron chi connectivity index (χ3n) is 4.41. The van der Waals surface area contributed by atoms with Crippen LogP contribution < -0.4 is 0 Å². The third-order valence-corrected chi connectivity index (χ3v) is 5.41. The summed E-state index contributed by atoms with van der Waals surface area (Å²) in [6, 6.07) is 1.99. The number of rotatable bonds is 4. The average Bonchev–Trinajstić information content (AvgIpc) is 3.12. The van der Waals surface area contributed by atoms with Gasteiger partial charge in [0.15, 0.2) is 0 Å². The fourth-order valence-corrected chi connectivity index (χ4v) is 4.10. The van der Waals surface area contributed by atoms with Crippen molar-refractivity contribution in [2.24, 2.45) is 0 Å². The molecule has 1 spiro atoms. The third kappa shape index (κ3) is 2.93. The number of carbonyl (C=O) groups excluding carboxylic acids is 1. The summed E-state index contributed by atoms with van der Waals surface area (Å²) in [6.45, 7) is 7.52. The van der Waals surface area contributed by atoms with Crippen LogP contribution in [0.15, 0.2) is 11.4 Å². The Kier molecular flexibility index (Phi) is 4.82. The van der Waals surface area contributed by atoms with E-state index in [9.17, 15) is 4.79 Å². The SMILES string of the molecule is CCOC[C@@H]1C[C@]2(COCCN2C(=O)c2sccc2C)CO1. The molecule has 3 rings (SSSR count). The Labute approximate surface area is 135 Å². The van der Waals surface area contributed by atoms with Gasteiger partial charge in [-0.1, -0.05) is 0 Å². The largest absolute Gasteiger partial charge is 0.379 e. The lowest BCUT2D eigenvalue weighted by Crippen LogP contribution is -2.59. The van der Waals surface area contributed by atoms with Gasteiger partial charge in [0, 0.05) is 19.6 Å². The maximum atomic E-state index is 13.0. The minimum Gasteiger partial charge on any atom is -0.379 e. The van der Waals surface area contributed by atoms with Gasteiger partial charge in [0.05, 0.1) is 42.9 Å². The monoisotopic (exact) mass is 325 g/mol. The zero-order chi connectivity index (χ0) is 15.6. The van der Waals surface area contributed by atoms with Crippen LogP contribution in [-0.4, -0.2) is 62.0 Å². The van der Waals surface area contributed by atoms with Crippen molar-refractivity contribution < 1.29 is 19.0 Å². The van der Waals surface area contributed by atoms with Gasteiger partial charge in [-0.15, -0.1) is 11.3 Å². The van der Waals surface area contributed by atoms with Crippen LogP contribution in [0.5, 0.6) is 0 Å². The zero-order valence-electron chi connectivity index (χ0n) is 13.2. The number of ether oxygens (including phenoxy) is 3. The molecule has 2 saturated heterocycles. The van der Waals surface area contributed by atoms with Crippen molar-refractivity contribution in [2.45, 2.75) is 31.9 Å². The van der Waals surface area contributed by atoms with E-state index in [4.69, 9.17) is 14.2 Å². The van der Waals surface area contributed by atoms with Gasteiger partial charge in [-0.3, -0.25) is 4.79 Å². The number of hydrogen-bond donors (Lipinski definition) is 0. The van der Waals surface area contributed by atoms with Crippen LogP contribution in [0.2, 0.25) is 0 Å². The van der Waals surface area contributed by atoms with E-state index in [2.05, 4.69) is 0 Å². The lowest BCUT2D eigenvalue weighted by molar-refractivity contribution is -0.0557. The van der Waals surface area contributed by atoms with Crippen molar-refractivity contribution >= 4 is 17.2 Å². The summed E-state index contributed by atoms with van der Waals surface area (Å²) >= 11 is 1.51. The van der Waals surface area contributed by atoms with Gasteiger partial charge in [-0.05, 0) is 30.9 Å². The van der Waals surface area contributed by atoms with E-state index < -0.39 is 0 Å². The van der Waals surface area contributed by atoms with E-state index >= 15 is 0 Å². The van der Waals surface area contributed by atoms with Gasteiger partial charge in [-0.2, -0.15) is 0 Å². The van der Waals surface area contributed by atoms with Crippen LogP contribution in [0.1, 0.15) is 28.6 Å². The predicted molar refractivity (Wildman–Crippen MR) is 84.5 cm³/mol. The molecule has 0 N–H and O–H groups in total. The number of carbonyl (C=O) groups is 1. The van der Waals surface area contributed by atoms with E-state index in [1.807, 2.05) is 30.2 Å². The van der Waals surface area contributed by atoms with Crippen molar-refractivity contribution in [1.29, 1.82) is 0 Å². The molecule has 1 amide bonds. The lowest BCUT2D eigenvalue weighted by Gasteiger charge is -2.43. The summed E-state index contributed by atoms with van der Waals surface area (Å²) in [4.78, 5) is 15.8. The molecule has 1 aromatic rings. The maximum Gasteiger partial charge on any atom is 0.264 e. The molecule has 122 valence electrons. The van der Waals surface area contributed by atoms with Crippen LogP contribution in [0, 0.1) is 6.92 Å². The first-order valence-electron chi connectivity index (χ1n) is 7.79. The topological polar surface area (TPSA) is 48.0 Å². The van der Waals surface area contributed by atoms with Crippen molar-refractivity contribution in [3.05, 3.63) is 21.9 Å². The Morgan fingerprint density at radius 1 is 1.55 bits per heavy atom. The number of amides is 1. The summed E-state index contributed by atoms with van der Waals surface area (Å²) in [5.74, 6) is 0.108. The zero-order valence-corrected chi connectivity index (χ0v) is 14.0. The van der Waals surface area contributed by atoms with Gasteiger partial charge >= 0.3 is 0 Å². The van der Waals surface area contributed by atoms with Gasteiger partial charge < -0.3 is 19.1 Å². The van der Waals surface area contributed by atoms with E-state index in [1.54, 1.807) is 0 Å². The van der Waals surface area contributed by atoms with Crippen LogP contribution >= 0.6 is 11.3 Å². The van der Waals surface area contributed by atoms with E-state index in [0.717, 1.165) is 16.9 Å². The Bertz CT molecular complexity index is 532. The number of aryl methyl sites for hydroxylation is 1. The van der Waals surface area contributed by atoms with E-state index in [0.29, 0.717) is 39.6 Å². The molecule has 2 aliphatic rings. The summed E-state index contributed by atoms with van der Waals surface area (Å²) in [7, 11) is 0. The molecule has 0 radical (unpaired) electrons. The number of nitrogens with zero attached hydrogens (tertiary/aromatic N) is 1. The second kappa shape index (κ2) is 6.66. The average molecular weight is 325 g/mol. The predicted octanol–water partition coefficient (Wildman–Crippen LogP) is 2.09. The van der Waals surface area contributed by atoms with Gasteiger partial charge in [0.2, 0.25) is 0 Å². The highest BCUT2D eigenvalue weighted by Gasteiger charge is 2.49. The molecule has 0 bridgehead atoms. The van der Waals surface area contributed by atoms with E-state index in [1.165, 1.54) is 11.3 Å². The summed E-state index contributed by atoms with van der Waals surface area (Å²) in [5, 5.41) is 1.97. The molecule has 2 fully saturated rings. The Balaban J connectivity index is 1.77. The Morgan fingerprint density at radius 3 is 3.14 bits per heavy atom. The molecule has 3 heterocycles. The fraction of sp³-hybridized carbons (Fsp3) is 0.688. The molecule has 0 saturated carbocycles. The number of hydrogen-bond acceptors (Lipinski definition) is 5. The molecule has 5 nitrogen and oxygen atoms in total. The van der Waals surface area contributed by atoms with Crippen molar-refractivity contribution in [2.75, 3.05) is 39.6 Å². The molecule has 6 heteroatoms. The van der Waals surface area contributed by atoms with E-state index in [-0.39, 0.29) is 17.6 Å². The Morgan fingerprint density at radius 2 is 2.41 bits per heavy atom. The van der Waals surface area contributed by atoms with Crippen LogP contribution in [0.3, 0.4) is 0 Å². The standard InChI is InChI=1S/C16H23NO4S/c1-3-19-9-13-8-16(11-21-13)10-20-6-5-17(16)15(18)14-12(2)4-7-22-14/h4,7,13H,3,5-6,8-11H2,1-2H3/t13-,16-/m0/s1. The highest BCUT2D eigenvalue weighted by Crippen LogP contribution is 2.35. The van der Waals surface area contributed by atoms with Crippen LogP contribution in [0.25, 0.3) is 0 Å². The second-order valence-corrected chi connectivity index (χ2v) is 6.88. The van der Waals surface area contributed by atoms with Crippen molar-refractivity contribution in [3.63, 3.8) is 0 Å². The van der Waals surface area contributed by atoms with Crippen molar-refractivity contribution in [3.8, 4) is 0 Å². The number of morpholine rings is 1. The smallest absolute Gasteiger partial charge is 0.264 e. The van der Waals surface area contributed by atoms with Crippen LogP contribution in [-0.2, 0) is 14.2 Å². The second-order valence-electron chi connectivity index (χ2n) is 5.96. The molecular formula is C16H23NO4S. The lowest BCUT2D eigenvalue weighted by atomic mass is 9.93. The van der Waals surface area contributed by atoms with Crippen molar-refractivity contribution in [1.82, 2.24) is 4.90 Å². The molecule has 22 heavy (non-hydrogen) atoms. The van der Waals surface area contributed by atoms with Gasteiger partial charge in [0.25, 0.3) is 5.91 Å². The molecule has 0 unspecified atom stereocenters. The first-order valence-corrected chi connectivity index (χ1v) is 8.67. The molecule has 2 aliphatic heterocycles. The molecule has 0 aromatic carbocycles. The van der Waals surface area contributed by atoms with Crippen LogP contribution in [0.4, 0.5) is 0 Å². The fourth-order valence-electron chi connectivity index (χ4n) is 3.22. The maximum absolute atomic E-state index is 13.0. The first-order chi connectivity index (χ1) is 10.7. The summed E-state index contributed by atoms with van der Waals surface area (Å²) in [5.41, 5.74) is 0.703. The molecule has 1 aromatic heterocycles. The summed E-state index contributed by atoms with van der Waals surface area (Å²) in [6.07, 6.45) is 0.824. The normalized spacial score (nSPS) is 28.5. The number of thiophene rings is 1. The highest BCUT2D eigenvalue weighted by atomic mass is 32.1. The Hall–Kier alpha value is -0.950.